The SMILES string of the molecule is C=CCCCNCC1(N(C)C)CCCC(C)C1. The van der Waals surface area contributed by atoms with Crippen molar-refractivity contribution in [1.29, 1.82) is 0 Å². The molecule has 0 amide bonds. The van der Waals surface area contributed by atoms with E-state index >= 15 is 0 Å². The molecule has 1 aliphatic carbocycles. The maximum Gasteiger partial charge on any atom is 0.0330 e. The zero-order valence-electron chi connectivity index (χ0n) is 12.0. The summed E-state index contributed by atoms with van der Waals surface area (Å²) < 4.78 is 0. The highest BCUT2D eigenvalue weighted by Gasteiger charge is 2.36. The quantitative estimate of drug-likeness (QED) is 0.542. The van der Waals surface area contributed by atoms with Crippen LogP contribution in [-0.4, -0.2) is 37.6 Å². The first-order chi connectivity index (χ1) is 8.10. The molecule has 1 saturated carbocycles. The Labute approximate surface area is 107 Å². The van der Waals surface area contributed by atoms with E-state index in [2.05, 4.69) is 37.8 Å². The molecule has 0 saturated heterocycles. The van der Waals surface area contributed by atoms with E-state index in [-0.39, 0.29) is 0 Å². The lowest BCUT2D eigenvalue weighted by atomic mass is 9.75. The fourth-order valence-electron chi connectivity index (χ4n) is 3.05. The van der Waals surface area contributed by atoms with Gasteiger partial charge in [0.05, 0.1) is 0 Å². The van der Waals surface area contributed by atoms with Gasteiger partial charge in [0.25, 0.3) is 0 Å². The van der Waals surface area contributed by atoms with Gasteiger partial charge >= 0.3 is 0 Å². The van der Waals surface area contributed by atoms with Gasteiger partial charge in [0.15, 0.2) is 0 Å². The zero-order valence-corrected chi connectivity index (χ0v) is 12.0. The molecule has 0 aromatic carbocycles. The van der Waals surface area contributed by atoms with E-state index in [0.717, 1.165) is 25.4 Å². The van der Waals surface area contributed by atoms with Crippen LogP contribution >= 0.6 is 0 Å². The number of hydrogen-bond donors (Lipinski definition) is 1. The van der Waals surface area contributed by atoms with Crippen molar-refractivity contribution < 1.29 is 0 Å². The van der Waals surface area contributed by atoms with Crippen LogP contribution in [0.1, 0.15) is 45.4 Å². The lowest BCUT2D eigenvalue weighted by molar-refractivity contribution is 0.0754. The smallest absolute Gasteiger partial charge is 0.0330 e. The van der Waals surface area contributed by atoms with Crippen molar-refractivity contribution in [2.75, 3.05) is 27.2 Å². The molecule has 100 valence electrons. The minimum atomic E-state index is 0.395. The summed E-state index contributed by atoms with van der Waals surface area (Å²) in [5.41, 5.74) is 0.395. The van der Waals surface area contributed by atoms with Crippen LogP contribution < -0.4 is 5.32 Å². The van der Waals surface area contributed by atoms with Crippen LogP contribution in [0.3, 0.4) is 0 Å². The third kappa shape index (κ3) is 4.44. The standard InChI is InChI=1S/C15H30N2/c1-5-6-7-11-16-13-15(17(3)4)10-8-9-14(2)12-15/h5,14,16H,1,6-13H2,2-4H3. The molecule has 0 spiro atoms. The molecule has 17 heavy (non-hydrogen) atoms. The van der Waals surface area contributed by atoms with Gasteiger partial charge in [0.2, 0.25) is 0 Å². The van der Waals surface area contributed by atoms with Crippen molar-refractivity contribution in [2.24, 2.45) is 5.92 Å². The number of likely N-dealkylation sites (N-methyl/N-ethyl adjacent to an activating group) is 1. The molecule has 0 heterocycles. The van der Waals surface area contributed by atoms with Gasteiger partial charge in [-0.2, -0.15) is 0 Å². The van der Waals surface area contributed by atoms with E-state index < -0.39 is 0 Å². The summed E-state index contributed by atoms with van der Waals surface area (Å²) in [6, 6.07) is 0. The monoisotopic (exact) mass is 238 g/mol. The zero-order chi connectivity index (χ0) is 12.7. The van der Waals surface area contributed by atoms with Crippen molar-refractivity contribution in [2.45, 2.75) is 51.0 Å². The number of rotatable bonds is 7. The van der Waals surface area contributed by atoms with E-state index in [1.165, 1.54) is 32.1 Å². The predicted octanol–water partition coefficient (Wildman–Crippen LogP) is 3.05. The Morgan fingerprint density at radius 2 is 2.24 bits per heavy atom. The van der Waals surface area contributed by atoms with E-state index in [4.69, 9.17) is 0 Å². The lowest BCUT2D eigenvalue weighted by Crippen LogP contribution is -2.54. The fourth-order valence-corrected chi connectivity index (χ4v) is 3.05. The molecule has 0 aliphatic heterocycles. The van der Waals surface area contributed by atoms with Crippen LogP contribution in [-0.2, 0) is 0 Å². The van der Waals surface area contributed by atoms with Gasteiger partial charge in [0, 0.05) is 12.1 Å². The predicted molar refractivity (Wildman–Crippen MR) is 76.4 cm³/mol. The van der Waals surface area contributed by atoms with E-state index in [1.54, 1.807) is 0 Å². The summed E-state index contributed by atoms with van der Waals surface area (Å²) in [5, 5.41) is 3.64. The van der Waals surface area contributed by atoms with Crippen LogP contribution in [0.15, 0.2) is 12.7 Å². The molecule has 2 unspecified atom stereocenters. The Bertz CT molecular complexity index is 225. The molecule has 0 bridgehead atoms. The molecule has 2 atom stereocenters. The van der Waals surface area contributed by atoms with Gasteiger partial charge < -0.3 is 10.2 Å². The van der Waals surface area contributed by atoms with E-state index in [9.17, 15) is 0 Å². The topological polar surface area (TPSA) is 15.3 Å². The third-order valence-electron chi connectivity index (χ3n) is 4.23. The second-order valence-corrected chi connectivity index (χ2v) is 5.93. The van der Waals surface area contributed by atoms with Crippen molar-refractivity contribution in [1.82, 2.24) is 10.2 Å². The van der Waals surface area contributed by atoms with Crippen molar-refractivity contribution in [3.63, 3.8) is 0 Å². The molecule has 0 aromatic rings. The summed E-state index contributed by atoms with van der Waals surface area (Å²) in [6.07, 6.45) is 9.82. The number of unbranched alkanes of at least 4 members (excludes halogenated alkanes) is 1. The normalized spacial score (nSPS) is 29.5. The van der Waals surface area contributed by atoms with Gasteiger partial charge in [-0.05, 0) is 52.2 Å². The highest BCUT2D eigenvalue weighted by atomic mass is 15.2. The molecule has 0 aromatic heterocycles. The van der Waals surface area contributed by atoms with E-state index in [0.29, 0.717) is 5.54 Å². The lowest BCUT2D eigenvalue weighted by Gasteiger charge is -2.45. The van der Waals surface area contributed by atoms with Crippen LogP contribution in [0, 0.1) is 5.92 Å². The Balaban J connectivity index is 2.39. The molecular formula is C15H30N2. The molecule has 1 N–H and O–H groups in total. The highest BCUT2D eigenvalue weighted by molar-refractivity contribution is 4.94. The molecule has 2 heteroatoms. The molecule has 0 radical (unpaired) electrons. The summed E-state index contributed by atoms with van der Waals surface area (Å²) >= 11 is 0. The third-order valence-corrected chi connectivity index (χ3v) is 4.23. The van der Waals surface area contributed by atoms with Gasteiger partial charge in [0.1, 0.15) is 0 Å². The minimum Gasteiger partial charge on any atom is -0.315 e. The Kier molecular flexibility index (Phi) is 6.21. The van der Waals surface area contributed by atoms with Crippen LogP contribution in [0.25, 0.3) is 0 Å². The first-order valence-corrected chi connectivity index (χ1v) is 7.10. The Morgan fingerprint density at radius 1 is 1.47 bits per heavy atom. The fraction of sp³-hybridized carbons (Fsp3) is 0.867. The Morgan fingerprint density at radius 3 is 2.82 bits per heavy atom. The summed E-state index contributed by atoms with van der Waals surface area (Å²) in [4.78, 5) is 2.45. The molecule has 1 aliphatic rings. The minimum absolute atomic E-state index is 0.395. The number of nitrogens with one attached hydrogen (secondary N) is 1. The van der Waals surface area contributed by atoms with Gasteiger partial charge in [-0.1, -0.05) is 25.8 Å². The van der Waals surface area contributed by atoms with Crippen molar-refractivity contribution in [3.05, 3.63) is 12.7 Å². The molecule has 1 rings (SSSR count). The average Bonchev–Trinajstić information content (AvgIpc) is 2.28. The summed E-state index contributed by atoms with van der Waals surface area (Å²) in [6.45, 7) is 8.42. The van der Waals surface area contributed by atoms with Gasteiger partial charge in [-0.15, -0.1) is 6.58 Å². The second kappa shape index (κ2) is 7.17. The number of hydrogen-bond acceptors (Lipinski definition) is 2. The number of nitrogens with zero attached hydrogens (tertiary/aromatic N) is 1. The number of allylic oxidation sites excluding steroid dienone is 1. The second-order valence-electron chi connectivity index (χ2n) is 5.93. The van der Waals surface area contributed by atoms with Gasteiger partial charge in [-0.3, -0.25) is 0 Å². The maximum absolute atomic E-state index is 3.76. The van der Waals surface area contributed by atoms with E-state index in [1.807, 2.05) is 6.08 Å². The Hall–Kier alpha value is -0.340. The first kappa shape index (κ1) is 14.7. The largest absolute Gasteiger partial charge is 0.315 e. The van der Waals surface area contributed by atoms with Crippen LogP contribution in [0.4, 0.5) is 0 Å². The average molecular weight is 238 g/mol. The van der Waals surface area contributed by atoms with Crippen LogP contribution in [0.5, 0.6) is 0 Å². The molecule has 1 fully saturated rings. The first-order valence-electron chi connectivity index (χ1n) is 7.10. The summed E-state index contributed by atoms with van der Waals surface area (Å²) in [5.74, 6) is 0.876. The molecular weight excluding hydrogens is 208 g/mol. The van der Waals surface area contributed by atoms with Gasteiger partial charge in [-0.25, -0.2) is 0 Å². The summed E-state index contributed by atoms with van der Waals surface area (Å²) in [7, 11) is 4.48. The molecule has 2 nitrogen and oxygen atoms in total. The van der Waals surface area contributed by atoms with Crippen molar-refractivity contribution in [3.8, 4) is 0 Å². The van der Waals surface area contributed by atoms with Crippen molar-refractivity contribution >= 4 is 0 Å². The maximum atomic E-state index is 3.76. The van der Waals surface area contributed by atoms with Crippen LogP contribution in [0.2, 0.25) is 0 Å². The highest BCUT2D eigenvalue weighted by Crippen LogP contribution is 2.35.